The van der Waals surface area contributed by atoms with Crippen LogP contribution in [0.3, 0.4) is 0 Å². The van der Waals surface area contributed by atoms with Gasteiger partial charge in [0, 0.05) is 5.41 Å². The molecule has 0 spiro atoms. The Bertz CT molecular complexity index is 1870. The highest BCUT2D eigenvalue weighted by atomic mass is 14.4. The standard InChI is InChI=1S/C39H30/c1-39(2)37-23-28(16-15-27-9-4-3-5-10-27)17-21-35(37)36-22-20-34(26-38(36)39)32-14-8-13-31(25-32)33-19-18-29-11-6-7-12-30(29)24-33/h3-26H,1-2H3. The van der Waals surface area contributed by atoms with Crippen LogP contribution in [0.25, 0.3) is 56.3 Å². The average molecular weight is 499 g/mol. The number of rotatable bonds is 4. The minimum atomic E-state index is -0.0623. The van der Waals surface area contributed by atoms with Gasteiger partial charge in [-0.1, -0.05) is 141 Å². The molecule has 0 N–H and O–H groups in total. The quantitative estimate of drug-likeness (QED) is 0.212. The van der Waals surface area contributed by atoms with Gasteiger partial charge in [-0.05, 0) is 84.6 Å². The van der Waals surface area contributed by atoms with Crippen molar-refractivity contribution in [2.45, 2.75) is 19.3 Å². The Balaban J connectivity index is 1.23. The van der Waals surface area contributed by atoms with Gasteiger partial charge in [-0.25, -0.2) is 0 Å². The maximum absolute atomic E-state index is 2.41. The fourth-order valence-corrected chi connectivity index (χ4v) is 6.04. The molecule has 0 aromatic heterocycles. The van der Waals surface area contributed by atoms with Gasteiger partial charge in [0.05, 0.1) is 0 Å². The van der Waals surface area contributed by atoms with E-state index < -0.39 is 0 Å². The van der Waals surface area contributed by atoms with Crippen LogP contribution in [0.2, 0.25) is 0 Å². The topological polar surface area (TPSA) is 0 Å². The molecular weight excluding hydrogens is 468 g/mol. The lowest BCUT2D eigenvalue weighted by atomic mass is 9.81. The molecule has 186 valence electrons. The van der Waals surface area contributed by atoms with Gasteiger partial charge in [0.2, 0.25) is 0 Å². The van der Waals surface area contributed by atoms with Gasteiger partial charge in [0.25, 0.3) is 0 Å². The Labute approximate surface area is 230 Å². The van der Waals surface area contributed by atoms with Crippen LogP contribution in [-0.2, 0) is 5.41 Å². The Kier molecular flexibility index (Phi) is 5.56. The average Bonchev–Trinajstić information content (AvgIpc) is 3.22. The molecule has 1 aliphatic carbocycles. The third-order valence-electron chi connectivity index (χ3n) is 8.25. The monoisotopic (exact) mass is 498 g/mol. The lowest BCUT2D eigenvalue weighted by Crippen LogP contribution is -2.15. The van der Waals surface area contributed by atoms with Crippen LogP contribution < -0.4 is 0 Å². The molecular formula is C39H30. The molecule has 0 saturated carbocycles. The smallest absolute Gasteiger partial charge is 0.0159 e. The van der Waals surface area contributed by atoms with E-state index in [2.05, 4.69) is 159 Å². The van der Waals surface area contributed by atoms with Gasteiger partial charge in [0.15, 0.2) is 0 Å². The third kappa shape index (κ3) is 4.19. The molecule has 6 aromatic rings. The molecule has 0 atom stereocenters. The zero-order valence-corrected chi connectivity index (χ0v) is 22.4. The highest BCUT2D eigenvalue weighted by Crippen LogP contribution is 2.50. The molecule has 0 saturated heterocycles. The summed E-state index contributed by atoms with van der Waals surface area (Å²) in [5.41, 5.74) is 12.9. The van der Waals surface area contributed by atoms with E-state index in [0.717, 1.165) is 0 Å². The van der Waals surface area contributed by atoms with E-state index >= 15 is 0 Å². The largest absolute Gasteiger partial charge is 0.0622 e. The first-order valence-corrected chi connectivity index (χ1v) is 13.7. The molecule has 0 unspecified atom stereocenters. The van der Waals surface area contributed by atoms with Crippen molar-refractivity contribution < 1.29 is 0 Å². The van der Waals surface area contributed by atoms with Gasteiger partial charge >= 0.3 is 0 Å². The fourth-order valence-electron chi connectivity index (χ4n) is 6.04. The highest BCUT2D eigenvalue weighted by Gasteiger charge is 2.35. The van der Waals surface area contributed by atoms with E-state index in [4.69, 9.17) is 0 Å². The van der Waals surface area contributed by atoms with Crippen molar-refractivity contribution in [3.63, 3.8) is 0 Å². The first-order valence-electron chi connectivity index (χ1n) is 13.7. The van der Waals surface area contributed by atoms with Gasteiger partial charge < -0.3 is 0 Å². The van der Waals surface area contributed by atoms with Crippen molar-refractivity contribution in [2.24, 2.45) is 0 Å². The van der Waals surface area contributed by atoms with Crippen LogP contribution in [0.5, 0.6) is 0 Å². The van der Waals surface area contributed by atoms with E-state index in [9.17, 15) is 0 Å². The molecule has 0 amide bonds. The normalized spacial score (nSPS) is 13.5. The molecule has 0 fully saturated rings. The summed E-state index contributed by atoms with van der Waals surface area (Å²) in [5, 5.41) is 2.55. The van der Waals surface area contributed by atoms with Crippen molar-refractivity contribution >= 4 is 22.9 Å². The molecule has 0 aliphatic heterocycles. The molecule has 7 rings (SSSR count). The first-order chi connectivity index (χ1) is 19.1. The van der Waals surface area contributed by atoms with Gasteiger partial charge in [-0.3, -0.25) is 0 Å². The number of hydrogen-bond donors (Lipinski definition) is 0. The second kappa shape index (κ2) is 9.26. The van der Waals surface area contributed by atoms with Crippen LogP contribution in [0, 0.1) is 0 Å². The second-order valence-electron chi connectivity index (χ2n) is 11.1. The van der Waals surface area contributed by atoms with Crippen LogP contribution in [0.4, 0.5) is 0 Å². The number of benzene rings is 6. The number of hydrogen-bond acceptors (Lipinski definition) is 0. The molecule has 1 aliphatic rings. The zero-order valence-electron chi connectivity index (χ0n) is 22.4. The Morgan fingerprint density at radius 1 is 0.410 bits per heavy atom. The summed E-state index contributed by atoms with van der Waals surface area (Å²) < 4.78 is 0. The minimum absolute atomic E-state index is 0.0623. The van der Waals surface area contributed by atoms with E-state index in [1.165, 1.54) is 66.4 Å². The summed E-state index contributed by atoms with van der Waals surface area (Å²) >= 11 is 0. The van der Waals surface area contributed by atoms with Gasteiger partial charge in [0.1, 0.15) is 0 Å². The number of fused-ring (bicyclic) bond motifs is 4. The molecule has 0 heteroatoms. The summed E-state index contributed by atoms with van der Waals surface area (Å²) in [4.78, 5) is 0. The molecule has 0 heterocycles. The summed E-state index contributed by atoms with van der Waals surface area (Å²) in [6.45, 7) is 4.72. The van der Waals surface area contributed by atoms with Crippen molar-refractivity contribution in [2.75, 3.05) is 0 Å². The summed E-state index contributed by atoms with van der Waals surface area (Å²) in [6.07, 6.45) is 4.41. The van der Waals surface area contributed by atoms with Gasteiger partial charge in [-0.2, -0.15) is 0 Å². The van der Waals surface area contributed by atoms with Crippen molar-refractivity contribution in [1.82, 2.24) is 0 Å². The molecule has 6 aromatic carbocycles. The highest BCUT2D eigenvalue weighted by molar-refractivity contribution is 5.89. The van der Waals surface area contributed by atoms with Crippen molar-refractivity contribution in [3.8, 4) is 33.4 Å². The molecule has 0 radical (unpaired) electrons. The van der Waals surface area contributed by atoms with Crippen molar-refractivity contribution in [3.05, 3.63) is 156 Å². The van der Waals surface area contributed by atoms with Crippen LogP contribution in [0.1, 0.15) is 36.1 Å². The SMILES string of the molecule is CC1(C)c2cc(C=Cc3ccccc3)ccc2-c2ccc(-c3cccc(-c4ccc5ccccc5c4)c3)cc21. The zero-order chi connectivity index (χ0) is 26.4. The van der Waals surface area contributed by atoms with Crippen LogP contribution >= 0.6 is 0 Å². The van der Waals surface area contributed by atoms with Gasteiger partial charge in [-0.15, -0.1) is 0 Å². The van der Waals surface area contributed by atoms with E-state index in [0.29, 0.717) is 0 Å². The van der Waals surface area contributed by atoms with E-state index in [1.807, 2.05) is 0 Å². The lowest BCUT2D eigenvalue weighted by molar-refractivity contribution is 0.660. The predicted octanol–water partition coefficient (Wildman–Crippen LogP) is 10.7. The molecule has 0 bridgehead atoms. The third-order valence-corrected chi connectivity index (χ3v) is 8.25. The van der Waals surface area contributed by atoms with Crippen LogP contribution in [0.15, 0.2) is 133 Å². The maximum Gasteiger partial charge on any atom is 0.0159 e. The van der Waals surface area contributed by atoms with Crippen LogP contribution in [-0.4, -0.2) is 0 Å². The molecule has 0 nitrogen and oxygen atoms in total. The Morgan fingerprint density at radius 2 is 1.00 bits per heavy atom. The molecule has 39 heavy (non-hydrogen) atoms. The van der Waals surface area contributed by atoms with E-state index in [1.54, 1.807) is 0 Å². The summed E-state index contributed by atoms with van der Waals surface area (Å²) in [5.74, 6) is 0. The first kappa shape index (κ1) is 23.4. The lowest BCUT2D eigenvalue weighted by Gasteiger charge is -2.22. The Hall–Kier alpha value is -4.68. The predicted molar refractivity (Wildman–Crippen MR) is 168 cm³/mol. The second-order valence-corrected chi connectivity index (χ2v) is 11.1. The summed E-state index contributed by atoms with van der Waals surface area (Å²) in [6, 6.07) is 48.7. The fraction of sp³-hybridized carbons (Fsp3) is 0.0769. The Morgan fingerprint density at radius 3 is 1.79 bits per heavy atom. The van der Waals surface area contributed by atoms with Crippen molar-refractivity contribution in [1.29, 1.82) is 0 Å². The minimum Gasteiger partial charge on any atom is -0.0622 e. The summed E-state index contributed by atoms with van der Waals surface area (Å²) in [7, 11) is 0. The maximum atomic E-state index is 2.41. The van der Waals surface area contributed by atoms with E-state index in [-0.39, 0.29) is 5.41 Å².